The van der Waals surface area contributed by atoms with Gasteiger partial charge in [0.1, 0.15) is 0 Å². The van der Waals surface area contributed by atoms with E-state index in [2.05, 4.69) is 13.0 Å². The predicted molar refractivity (Wildman–Crippen MR) is 44.4 cm³/mol. The zero-order valence-electron chi connectivity index (χ0n) is 6.51. The van der Waals surface area contributed by atoms with Gasteiger partial charge < -0.3 is 5.11 Å². The molecule has 0 saturated carbocycles. The fraction of sp³-hybridized carbons (Fsp3) is 0.500. The van der Waals surface area contributed by atoms with Gasteiger partial charge in [-0.25, -0.2) is 0 Å². The molecule has 0 aromatic carbocycles. The summed E-state index contributed by atoms with van der Waals surface area (Å²) < 4.78 is 0. The first-order chi connectivity index (χ1) is 4.61. The Hall–Kier alpha value is -0.340. The van der Waals surface area contributed by atoms with Crippen molar-refractivity contribution in [2.75, 3.05) is 0 Å². The molecule has 0 aliphatic rings. The molecule has 56 valence electrons. The Labute approximate surface area is 65.3 Å². The molecule has 0 bridgehead atoms. The number of hydrogen-bond donors (Lipinski definition) is 1. The van der Waals surface area contributed by atoms with Crippen LogP contribution in [0.3, 0.4) is 0 Å². The summed E-state index contributed by atoms with van der Waals surface area (Å²) in [5, 5.41) is 9.23. The summed E-state index contributed by atoms with van der Waals surface area (Å²) in [6, 6.07) is 2.10. The highest BCUT2D eigenvalue weighted by Gasteiger charge is 2.06. The van der Waals surface area contributed by atoms with E-state index >= 15 is 0 Å². The molecule has 1 rings (SSSR count). The van der Waals surface area contributed by atoms with Crippen LogP contribution >= 0.6 is 11.3 Å². The van der Waals surface area contributed by atoms with Gasteiger partial charge in [-0.05, 0) is 32.4 Å². The topological polar surface area (TPSA) is 20.2 Å². The maximum absolute atomic E-state index is 9.23. The number of rotatable bonds is 1. The van der Waals surface area contributed by atoms with E-state index in [-0.39, 0.29) is 6.10 Å². The van der Waals surface area contributed by atoms with Crippen molar-refractivity contribution < 1.29 is 5.11 Å². The van der Waals surface area contributed by atoms with E-state index in [9.17, 15) is 5.11 Å². The normalized spacial score (nSPS) is 13.6. The molecule has 1 heterocycles. The summed E-state index contributed by atoms with van der Waals surface area (Å²) >= 11 is 1.67. The lowest BCUT2D eigenvalue weighted by molar-refractivity contribution is 0.202. The summed E-state index contributed by atoms with van der Waals surface area (Å²) in [7, 11) is 0. The van der Waals surface area contributed by atoms with Crippen molar-refractivity contribution in [3.63, 3.8) is 0 Å². The fourth-order valence-electron chi connectivity index (χ4n) is 1.07. The second-order valence-electron chi connectivity index (χ2n) is 2.58. The second kappa shape index (κ2) is 2.72. The smallest absolute Gasteiger partial charge is 0.0856 e. The van der Waals surface area contributed by atoms with E-state index in [0.717, 1.165) is 4.88 Å². The minimum atomic E-state index is -0.307. The first-order valence-corrected chi connectivity index (χ1v) is 4.18. The van der Waals surface area contributed by atoms with Gasteiger partial charge in [0.05, 0.1) is 6.10 Å². The van der Waals surface area contributed by atoms with Crippen molar-refractivity contribution in [2.45, 2.75) is 26.9 Å². The Morgan fingerprint density at radius 2 is 2.10 bits per heavy atom. The van der Waals surface area contributed by atoms with Crippen molar-refractivity contribution in [3.8, 4) is 0 Å². The van der Waals surface area contributed by atoms with Gasteiger partial charge in [0.15, 0.2) is 0 Å². The number of hydrogen-bond acceptors (Lipinski definition) is 2. The molecule has 0 spiro atoms. The van der Waals surface area contributed by atoms with E-state index in [0.29, 0.717) is 0 Å². The average Bonchev–Trinajstić information content (AvgIpc) is 2.10. The van der Waals surface area contributed by atoms with E-state index < -0.39 is 0 Å². The quantitative estimate of drug-likeness (QED) is 0.662. The predicted octanol–water partition coefficient (Wildman–Crippen LogP) is 2.42. The van der Waals surface area contributed by atoms with Gasteiger partial charge >= 0.3 is 0 Å². The fourth-order valence-corrected chi connectivity index (χ4v) is 2.05. The van der Waals surface area contributed by atoms with Crippen molar-refractivity contribution >= 4 is 11.3 Å². The Morgan fingerprint density at radius 3 is 2.30 bits per heavy atom. The lowest BCUT2D eigenvalue weighted by atomic mass is 10.2. The molecule has 0 radical (unpaired) electrons. The van der Waals surface area contributed by atoms with Crippen LogP contribution in [0.4, 0.5) is 0 Å². The van der Waals surface area contributed by atoms with E-state index in [1.165, 1.54) is 10.4 Å². The van der Waals surface area contributed by atoms with Crippen LogP contribution in [0.15, 0.2) is 6.07 Å². The third-order valence-electron chi connectivity index (χ3n) is 1.46. The number of aliphatic hydroxyl groups excluding tert-OH is 1. The Bertz CT molecular complexity index is 225. The van der Waals surface area contributed by atoms with Gasteiger partial charge in [-0.1, -0.05) is 0 Å². The number of aryl methyl sites for hydroxylation is 2. The highest BCUT2D eigenvalue weighted by Crippen LogP contribution is 2.26. The Kier molecular flexibility index (Phi) is 2.11. The van der Waals surface area contributed by atoms with Crippen LogP contribution in [-0.4, -0.2) is 5.11 Å². The Balaban J connectivity index is 3.03. The van der Waals surface area contributed by atoms with Crippen molar-refractivity contribution in [3.05, 3.63) is 21.4 Å². The summed E-state index contributed by atoms with van der Waals surface area (Å²) in [6.07, 6.45) is -0.307. The van der Waals surface area contributed by atoms with Crippen LogP contribution in [0, 0.1) is 13.8 Å². The molecule has 1 nitrogen and oxygen atoms in total. The van der Waals surface area contributed by atoms with Crippen molar-refractivity contribution in [1.29, 1.82) is 0 Å². The van der Waals surface area contributed by atoms with E-state index in [1.54, 1.807) is 18.3 Å². The van der Waals surface area contributed by atoms with Gasteiger partial charge in [-0.15, -0.1) is 11.3 Å². The maximum Gasteiger partial charge on any atom is 0.0856 e. The number of thiophene rings is 1. The maximum atomic E-state index is 9.23. The largest absolute Gasteiger partial charge is 0.388 e. The molecule has 2 heteroatoms. The van der Waals surface area contributed by atoms with Gasteiger partial charge in [-0.3, -0.25) is 0 Å². The first kappa shape index (κ1) is 7.76. The molecule has 1 aromatic heterocycles. The molecule has 0 aliphatic carbocycles. The van der Waals surface area contributed by atoms with E-state index in [4.69, 9.17) is 0 Å². The van der Waals surface area contributed by atoms with E-state index in [1.807, 2.05) is 6.92 Å². The van der Waals surface area contributed by atoms with Crippen LogP contribution in [0.2, 0.25) is 0 Å². The minimum Gasteiger partial charge on any atom is -0.388 e. The average molecular weight is 156 g/mol. The van der Waals surface area contributed by atoms with Crippen LogP contribution in [0.5, 0.6) is 0 Å². The molecule has 1 N–H and O–H groups in total. The summed E-state index contributed by atoms with van der Waals surface area (Å²) in [5.74, 6) is 0. The lowest BCUT2D eigenvalue weighted by Gasteiger charge is -1.99. The third kappa shape index (κ3) is 1.39. The van der Waals surface area contributed by atoms with Crippen molar-refractivity contribution in [1.82, 2.24) is 0 Å². The van der Waals surface area contributed by atoms with Gasteiger partial charge in [0.25, 0.3) is 0 Å². The minimum absolute atomic E-state index is 0.307. The summed E-state index contributed by atoms with van der Waals surface area (Å²) in [6.45, 7) is 5.90. The van der Waals surface area contributed by atoms with Crippen molar-refractivity contribution in [2.24, 2.45) is 0 Å². The van der Waals surface area contributed by atoms with Crippen LogP contribution in [0.1, 0.15) is 28.3 Å². The molecular weight excluding hydrogens is 144 g/mol. The summed E-state index contributed by atoms with van der Waals surface area (Å²) in [4.78, 5) is 2.37. The van der Waals surface area contributed by atoms with Gasteiger partial charge in [0, 0.05) is 9.75 Å². The molecule has 0 fully saturated rings. The molecule has 1 aromatic rings. The van der Waals surface area contributed by atoms with Crippen LogP contribution in [0.25, 0.3) is 0 Å². The van der Waals surface area contributed by atoms with Crippen LogP contribution in [-0.2, 0) is 0 Å². The highest BCUT2D eigenvalue weighted by molar-refractivity contribution is 7.12. The number of aliphatic hydroxyl groups is 1. The molecule has 1 atom stereocenters. The zero-order valence-corrected chi connectivity index (χ0v) is 7.33. The highest BCUT2D eigenvalue weighted by atomic mass is 32.1. The second-order valence-corrected chi connectivity index (χ2v) is 3.87. The lowest BCUT2D eigenvalue weighted by Crippen LogP contribution is -1.87. The summed E-state index contributed by atoms with van der Waals surface area (Å²) in [5.41, 5.74) is 1.21. The zero-order chi connectivity index (χ0) is 7.72. The third-order valence-corrected chi connectivity index (χ3v) is 2.78. The standard InChI is InChI=1S/C8H12OS/c1-5-4-6(2)10-8(5)7(3)9/h4,7,9H,1-3H3. The first-order valence-electron chi connectivity index (χ1n) is 3.36. The molecule has 10 heavy (non-hydrogen) atoms. The molecule has 0 aliphatic heterocycles. The molecule has 0 saturated heterocycles. The SMILES string of the molecule is Cc1cc(C)c(C(C)O)s1. The monoisotopic (exact) mass is 156 g/mol. The molecular formula is C8H12OS. The molecule has 1 unspecified atom stereocenters. The Morgan fingerprint density at radius 1 is 1.50 bits per heavy atom. The van der Waals surface area contributed by atoms with Gasteiger partial charge in [0.2, 0.25) is 0 Å². The molecule has 0 amide bonds. The van der Waals surface area contributed by atoms with Gasteiger partial charge in [-0.2, -0.15) is 0 Å². The van der Waals surface area contributed by atoms with Crippen LogP contribution < -0.4 is 0 Å².